The Labute approximate surface area is 187 Å². The van der Waals surface area contributed by atoms with Crippen molar-refractivity contribution >= 4 is 80.9 Å². The number of fused-ring (bicyclic) bond motifs is 1. The molecule has 9 heteroatoms. The highest BCUT2D eigenvalue weighted by Gasteiger charge is 2.27. The summed E-state index contributed by atoms with van der Waals surface area (Å²) in [6.45, 7) is 4.80. The average molecular weight is 494 g/mol. The molecule has 0 atom stereocenters. The summed E-state index contributed by atoms with van der Waals surface area (Å²) in [5.41, 5.74) is 1.11. The highest BCUT2D eigenvalue weighted by atomic mass is 33.8. The van der Waals surface area contributed by atoms with Gasteiger partial charge >= 0.3 is 0 Å². The highest BCUT2D eigenvalue weighted by molar-refractivity contribution is 9.35. The maximum absolute atomic E-state index is 6.50. The summed E-state index contributed by atoms with van der Waals surface area (Å²) < 4.78 is 8.92. The van der Waals surface area contributed by atoms with Crippen LogP contribution < -0.4 is 0 Å². The van der Waals surface area contributed by atoms with Gasteiger partial charge in [0.2, 0.25) is 0 Å². The van der Waals surface area contributed by atoms with E-state index in [0.717, 1.165) is 9.86 Å². The van der Waals surface area contributed by atoms with Crippen LogP contribution in [0.15, 0.2) is 28.6 Å². The zero-order valence-electron chi connectivity index (χ0n) is 15.8. The lowest BCUT2D eigenvalue weighted by atomic mass is 9.98. The van der Waals surface area contributed by atoms with Gasteiger partial charge in [0.15, 0.2) is 12.7 Å². The van der Waals surface area contributed by atoms with Crippen molar-refractivity contribution in [2.75, 3.05) is 5.75 Å². The van der Waals surface area contributed by atoms with E-state index in [1.165, 1.54) is 55.0 Å². The minimum Gasteiger partial charge on any atom is -0.414 e. The van der Waals surface area contributed by atoms with Gasteiger partial charge in [0.25, 0.3) is 0 Å². The van der Waals surface area contributed by atoms with E-state index in [0.29, 0.717) is 6.10 Å². The Balaban J connectivity index is 1.22. The SMILES string of the molecule is C[Si](C)(CCCSSSSSc1nc2ccccc2s1)OC1CCCCC1. The van der Waals surface area contributed by atoms with Crippen LogP contribution in [-0.4, -0.2) is 25.2 Å². The molecule has 0 spiro atoms. The van der Waals surface area contributed by atoms with Crippen molar-refractivity contribution in [2.24, 2.45) is 0 Å². The predicted molar refractivity (Wildman–Crippen MR) is 136 cm³/mol. The second-order valence-electron chi connectivity index (χ2n) is 7.30. The third-order valence-electron chi connectivity index (χ3n) is 4.53. The Kier molecular flexibility index (Phi) is 10.1. The zero-order chi connectivity index (χ0) is 19.0. The van der Waals surface area contributed by atoms with E-state index < -0.39 is 8.32 Å². The summed E-state index contributed by atoms with van der Waals surface area (Å²) in [5.74, 6) is 1.22. The molecule has 0 N–H and O–H groups in total. The molecule has 1 aromatic carbocycles. The average Bonchev–Trinajstić information content (AvgIpc) is 3.07. The molecule has 1 saturated carbocycles. The first-order valence-electron chi connectivity index (χ1n) is 9.45. The molecular formula is C18H27NOS6Si. The normalized spacial score (nSPS) is 16.2. The lowest BCUT2D eigenvalue weighted by Gasteiger charge is -2.31. The summed E-state index contributed by atoms with van der Waals surface area (Å²) in [7, 11) is 7.84. The van der Waals surface area contributed by atoms with Gasteiger partial charge in [-0.15, -0.1) is 11.3 Å². The molecule has 2 nitrogen and oxygen atoms in total. The van der Waals surface area contributed by atoms with Crippen LogP contribution >= 0.6 is 62.4 Å². The molecule has 1 aromatic heterocycles. The van der Waals surface area contributed by atoms with Crippen LogP contribution in [0.25, 0.3) is 10.2 Å². The molecule has 1 heterocycles. The third-order valence-corrected chi connectivity index (χ3v) is 16.9. The van der Waals surface area contributed by atoms with Gasteiger partial charge in [0.1, 0.15) is 0 Å². The number of hydrogen-bond acceptors (Lipinski definition) is 8. The summed E-state index contributed by atoms with van der Waals surface area (Å²) in [6, 6.07) is 9.64. The van der Waals surface area contributed by atoms with Crippen LogP contribution in [0.1, 0.15) is 38.5 Å². The first kappa shape index (κ1) is 22.7. The molecule has 3 rings (SSSR count). The number of hydrogen-bond donors (Lipinski definition) is 0. The van der Waals surface area contributed by atoms with Crippen molar-refractivity contribution in [1.82, 2.24) is 4.98 Å². The van der Waals surface area contributed by atoms with Crippen LogP contribution in [0.2, 0.25) is 19.1 Å². The highest BCUT2D eigenvalue weighted by Crippen LogP contribution is 2.52. The number of aromatic nitrogens is 1. The minimum absolute atomic E-state index is 0.564. The molecule has 0 unspecified atom stereocenters. The second-order valence-corrected chi connectivity index (χ2v) is 20.6. The van der Waals surface area contributed by atoms with E-state index in [1.807, 2.05) is 40.3 Å². The quantitative estimate of drug-likeness (QED) is 0.175. The number of benzene rings is 1. The van der Waals surface area contributed by atoms with Gasteiger partial charge in [-0.2, -0.15) is 0 Å². The molecule has 150 valence electrons. The number of thiazole rings is 1. The van der Waals surface area contributed by atoms with Gasteiger partial charge < -0.3 is 4.43 Å². The standard InChI is InChI=1S/C18H27NOS6Si/c1-27(2,20-15-9-4-3-5-10-15)14-8-13-21-24-26-25-23-18-19-16-11-6-7-12-17(16)22-18/h6-7,11-12,15H,3-5,8-10,13-14H2,1-2H3. The number of rotatable bonds is 11. The van der Waals surface area contributed by atoms with E-state index in [1.54, 1.807) is 22.1 Å². The summed E-state index contributed by atoms with van der Waals surface area (Å²) in [4.78, 5) is 4.66. The Morgan fingerprint density at radius 2 is 1.93 bits per heavy atom. The molecule has 1 aliphatic carbocycles. The fourth-order valence-corrected chi connectivity index (χ4v) is 15.9. The Morgan fingerprint density at radius 1 is 1.11 bits per heavy atom. The largest absolute Gasteiger partial charge is 0.414 e. The minimum atomic E-state index is -1.47. The molecule has 0 radical (unpaired) electrons. The first-order chi connectivity index (χ1) is 13.1. The van der Waals surface area contributed by atoms with Crippen LogP contribution in [0.5, 0.6) is 0 Å². The van der Waals surface area contributed by atoms with E-state index in [9.17, 15) is 0 Å². The Morgan fingerprint density at radius 3 is 2.74 bits per heavy atom. The van der Waals surface area contributed by atoms with E-state index in [2.05, 4.69) is 42.3 Å². The monoisotopic (exact) mass is 493 g/mol. The maximum atomic E-state index is 6.50. The summed E-state index contributed by atoms with van der Waals surface area (Å²) in [5, 5.41) is 0. The smallest absolute Gasteiger partial charge is 0.187 e. The summed E-state index contributed by atoms with van der Waals surface area (Å²) in [6.07, 6.45) is 8.57. The molecule has 0 aliphatic heterocycles. The number of para-hydroxylation sites is 1. The molecule has 1 aliphatic rings. The Hall–Kier alpha value is 1.04. The Bertz CT molecular complexity index is 658. The van der Waals surface area contributed by atoms with Gasteiger partial charge in [-0.25, -0.2) is 4.98 Å². The second kappa shape index (κ2) is 12.0. The van der Waals surface area contributed by atoms with E-state index in [4.69, 9.17) is 4.43 Å². The lowest BCUT2D eigenvalue weighted by molar-refractivity contribution is 0.145. The van der Waals surface area contributed by atoms with Crippen molar-refractivity contribution in [3.05, 3.63) is 24.3 Å². The van der Waals surface area contributed by atoms with Gasteiger partial charge in [-0.3, -0.25) is 0 Å². The molecule has 27 heavy (non-hydrogen) atoms. The first-order valence-corrected chi connectivity index (χ1v) is 19.7. The molecule has 2 aromatic rings. The van der Waals surface area contributed by atoms with Crippen LogP contribution in [0.3, 0.4) is 0 Å². The molecule has 0 saturated heterocycles. The van der Waals surface area contributed by atoms with Gasteiger partial charge in [0.05, 0.1) is 10.2 Å². The van der Waals surface area contributed by atoms with Crippen molar-refractivity contribution < 1.29 is 4.43 Å². The molecular weight excluding hydrogens is 467 g/mol. The zero-order valence-corrected chi connectivity index (χ0v) is 21.7. The lowest BCUT2D eigenvalue weighted by Crippen LogP contribution is -2.36. The van der Waals surface area contributed by atoms with Crippen molar-refractivity contribution in [2.45, 2.75) is 68.1 Å². The van der Waals surface area contributed by atoms with Gasteiger partial charge in [0, 0.05) is 11.9 Å². The molecule has 0 bridgehead atoms. The van der Waals surface area contributed by atoms with Crippen LogP contribution in [0.4, 0.5) is 0 Å². The fraction of sp³-hybridized carbons (Fsp3) is 0.611. The summed E-state index contributed by atoms with van der Waals surface area (Å²) >= 11 is 1.78. The van der Waals surface area contributed by atoms with E-state index in [-0.39, 0.29) is 0 Å². The van der Waals surface area contributed by atoms with Crippen LogP contribution in [-0.2, 0) is 4.43 Å². The van der Waals surface area contributed by atoms with Gasteiger partial charge in [-0.1, -0.05) is 42.2 Å². The van der Waals surface area contributed by atoms with Crippen molar-refractivity contribution in [1.29, 1.82) is 0 Å². The van der Waals surface area contributed by atoms with Gasteiger partial charge in [-0.05, 0) is 90.8 Å². The number of nitrogens with zero attached hydrogens (tertiary/aromatic N) is 1. The predicted octanol–water partition coefficient (Wildman–Crippen LogP) is 8.93. The topological polar surface area (TPSA) is 22.1 Å². The van der Waals surface area contributed by atoms with Crippen molar-refractivity contribution in [3.8, 4) is 0 Å². The van der Waals surface area contributed by atoms with E-state index >= 15 is 0 Å². The molecule has 1 fully saturated rings. The molecule has 0 amide bonds. The van der Waals surface area contributed by atoms with Crippen LogP contribution in [0, 0.1) is 0 Å². The third kappa shape index (κ3) is 8.36. The maximum Gasteiger partial charge on any atom is 0.187 e. The van der Waals surface area contributed by atoms with Crippen molar-refractivity contribution in [3.63, 3.8) is 0 Å². The fourth-order valence-electron chi connectivity index (χ4n) is 3.24.